The molecule has 0 spiro atoms. The first-order chi connectivity index (χ1) is 17.3. The molecule has 0 unspecified atom stereocenters. The number of benzene rings is 4. The highest BCUT2D eigenvalue weighted by Gasteiger charge is 2.22. The summed E-state index contributed by atoms with van der Waals surface area (Å²) in [5.41, 5.74) is 4.01. The van der Waals surface area contributed by atoms with Crippen molar-refractivity contribution in [2.45, 2.75) is 13.8 Å². The quantitative estimate of drug-likeness (QED) is 0.266. The van der Waals surface area contributed by atoms with Gasteiger partial charge < -0.3 is 10.1 Å². The zero-order valence-electron chi connectivity index (χ0n) is 19.4. The van der Waals surface area contributed by atoms with Crippen LogP contribution in [0.15, 0.2) is 78.9 Å². The summed E-state index contributed by atoms with van der Waals surface area (Å²) in [6, 6.07) is 22.2. The summed E-state index contributed by atoms with van der Waals surface area (Å²) in [4.78, 5) is 25.0. The second kappa shape index (κ2) is 11.0. The van der Waals surface area contributed by atoms with Crippen LogP contribution in [0.2, 0.25) is 15.1 Å². The van der Waals surface area contributed by atoms with Gasteiger partial charge in [-0.15, -0.1) is 0 Å². The van der Waals surface area contributed by atoms with Crippen molar-refractivity contribution in [2.24, 2.45) is 0 Å². The Hall–Kier alpha value is -3.51. The molecule has 0 aliphatic carbocycles. The number of rotatable bonds is 5. The van der Waals surface area contributed by atoms with Crippen molar-refractivity contribution in [2.75, 3.05) is 5.32 Å². The predicted octanol–water partition coefficient (Wildman–Crippen LogP) is 8.68. The van der Waals surface area contributed by atoms with Crippen LogP contribution in [0.5, 0.6) is 11.5 Å². The third kappa shape index (κ3) is 5.34. The van der Waals surface area contributed by atoms with Crippen molar-refractivity contribution >= 4 is 52.4 Å². The maximum atomic E-state index is 12.6. The monoisotopic (exact) mass is 538 g/mol. The Kier molecular flexibility index (Phi) is 7.85. The molecule has 0 atom stereocenters. The van der Waals surface area contributed by atoms with Gasteiger partial charge in [-0.05, 0) is 54.8 Å². The number of hydrogen-bond acceptors (Lipinski definition) is 3. The van der Waals surface area contributed by atoms with Crippen LogP contribution in [0.25, 0.3) is 11.1 Å². The fraction of sp³-hybridized carbons (Fsp3) is 0.0714. The summed E-state index contributed by atoms with van der Waals surface area (Å²) < 4.78 is 6.17. The Labute approximate surface area is 224 Å². The second-order valence-corrected chi connectivity index (χ2v) is 9.10. The first-order valence-electron chi connectivity index (χ1n) is 10.9. The lowest BCUT2D eigenvalue weighted by Crippen LogP contribution is -2.34. The van der Waals surface area contributed by atoms with Gasteiger partial charge in [0, 0.05) is 5.56 Å². The predicted molar refractivity (Wildman–Crippen MR) is 146 cm³/mol. The standard InChI is InChI=1S/C28H21Cl3N2O3/c1-16-17(2)26(25(31)24(30)23(16)18-10-4-3-5-11-18)36-22-15-9-8-14-21(22)32-28(35)33-27(34)19-12-6-7-13-20(19)29/h3-15H,1-2H3,(H2,32,33,34,35). The lowest BCUT2D eigenvalue weighted by atomic mass is 9.96. The van der Waals surface area contributed by atoms with Gasteiger partial charge in [-0.3, -0.25) is 10.1 Å². The topological polar surface area (TPSA) is 67.4 Å². The fourth-order valence-electron chi connectivity index (χ4n) is 3.70. The minimum atomic E-state index is -0.743. The number of anilines is 1. The fourth-order valence-corrected chi connectivity index (χ4v) is 4.54. The molecular formula is C28H21Cl3N2O3. The number of hydrogen-bond donors (Lipinski definition) is 2. The van der Waals surface area contributed by atoms with E-state index in [1.165, 1.54) is 6.07 Å². The van der Waals surface area contributed by atoms with Gasteiger partial charge in [-0.2, -0.15) is 0 Å². The highest BCUT2D eigenvalue weighted by molar-refractivity contribution is 6.45. The van der Waals surface area contributed by atoms with Crippen LogP contribution in [0.4, 0.5) is 10.5 Å². The van der Waals surface area contributed by atoms with E-state index in [0.29, 0.717) is 22.2 Å². The molecule has 0 aliphatic heterocycles. The molecule has 0 saturated heterocycles. The summed E-state index contributed by atoms with van der Waals surface area (Å²) in [5, 5.41) is 5.77. The van der Waals surface area contributed by atoms with Crippen molar-refractivity contribution in [3.05, 3.63) is 111 Å². The molecule has 2 N–H and O–H groups in total. The lowest BCUT2D eigenvalue weighted by Gasteiger charge is -2.20. The van der Waals surface area contributed by atoms with Crippen LogP contribution in [0.3, 0.4) is 0 Å². The molecule has 4 aromatic rings. The molecule has 8 heteroatoms. The van der Waals surface area contributed by atoms with Crippen molar-refractivity contribution < 1.29 is 14.3 Å². The summed E-state index contributed by atoms with van der Waals surface area (Å²) in [6.45, 7) is 3.84. The molecule has 182 valence electrons. The van der Waals surface area contributed by atoms with Crippen LogP contribution in [0.1, 0.15) is 21.5 Å². The van der Waals surface area contributed by atoms with E-state index in [9.17, 15) is 9.59 Å². The smallest absolute Gasteiger partial charge is 0.326 e. The first-order valence-corrected chi connectivity index (χ1v) is 12.1. The Balaban J connectivity index is 1.60. The Morgan fingerprint density at radius 3 is 2.11 bits per heavy atom. The molecule has 0 heterocycles. The highest BCUT2D eigenvalue weighted by atomic mass is 35.5. The average molecular weight is 540 g/mol. The van der Waals surface area contributed by atoms with E-state index in [2.05, 4.69) is 10.6 Å². The van der Waals surface area contributed by atoms with Gasteiger partial charge in [0.1, 0.15) is 5.02 Å². The summed E-state index contributed by atoms with van der Waals surface area (Å²) >= 11 is 19.4. The van der Waals surface area contributed by atoms with E-state index >= 15 is 0 Å². The number of carbonyl (C=O) groups is 2. The third-order valence-corrected chi connectivity index (χ3v) is 6.81. The molecule has 0 saturated carbocycles. The SMILES string of the molecule is Cc1c(C)c(-c2ccccc2)c(Cl)c(Cl)c1Oc1ccccc1NC(=O)NC(=O)c1ccccc1Cl. The normalized spacial score (nSPS) is 10.6. The number of halogens is 3. The minimum absolute atomic E-state index is 0.185. The van der Waals surface area contributed by atoms with Gasteiger partial charge in [-0.1, -0.05) is 89.4 Å². The van der Waals surface area contributed by atoms with Gasteiger partial charge in [-0.25, -0.2) is 4.79 Å². The molecule has 0 aromatic heterocycles. The first kappa shape index (κ1) is 25.6. The number of nitrogens with one attached hydrogen (secondary N) is 2. The average Bonchev–Trinajstić information content (AvgIpc) is 2.87. The largest absolute Gasteiger partial charge is 0.453 e. The molecule has 4 aromatic carbocycles. The van der Waals surface area contributed by atoms with E-state index in [0.717, 1.165) is 22.3 Å². The van der Waals surface area contributed by atoms with E-state index in [4.69, 9.17) is 39.5 Å². The van der Waals surface area contributed by atoms with Gasteiger partial charge in [0.2, 0.25) is 0 Å². The van der Waals surface area contributed by atoms with Crippen molar-refractivity contribution in [1.29, 1.82) is 0 Å². The Morgan fingerprint density at radius 1 is 0.750 bits per heavy atom. The van der Waals surface area contributed by atoms with Crippen LogP contribution in [-0.2, 0) is 0 Å². The zero-order valence-corrected chi connectivity index (χ0v) is 21.6. The number of urea groups is 1. The molecular weight excluding hydrogens is 519 g/mol. The number of imide groups is 1. The maximum Gasteiger partial charge on any atom is 0.326 e. The molecule has 0 radical (unpaired) electrons. The van der Waals surface area contributed by atoms with Crippen LogP contribution in [-0.4, -0.2) is 11.9 Å². The summed E-state index contributed by atoms with van der Waals surface area (Å²) in [7, 11) is 0. The molecule has 5 nitrogen and oxygen atoms in total. The van der Waals surface area contributed by atoms with Gasteiger partial charge in [0.25, 0.3) is 5.91 Å². The van der Waals surface area contributed by atoms with Gasteiger partial charge in [0.05, 0.1) is 21.3 Å². The van der Waals surface area contributed by atoms with Gasteiger partial charge >= 0.3 is 6.03 Å². The summed E-state index contributed by atoms with van der Waals surface area (Å²) in [6.07, 6.45) is 0. The van der Waals surface area contributed by atoms with E-state index < -0.39 is 11.9 Å². The zero-order chi connectivity index (χ0) is 25.8. The van der Waals surface area contributed by atoms with Crippen LogP contribution >= 0.6 is 34.8 Å². The third-order valence-electron chi connectivity index (χ3n) is 5.64. The van der Waals surface area contributed by atoms with Crippen molar-refractivity contribution in [3.8, 4) is 22.6 Å². The van der Waals surface area contributed by atoms with Crippen LogP contribution in [0, 0.1) is 13.8 Å². The minimum Gasteiger partial charge on any atom is -0.453 e. The van der Waals surface area contributed by atoms with E-state index in [-0.39, 0.29) is 15.6 Å². The molecule has 0 fully saturated rings. The molecule has 0 aliphatic rings. The molecule has 3 amide bonds. The molecule has 0 bridgehead atoms. The second-order valence-electron chi connectivity index (χ2n) is 7.93. The maximum absolute atomic E-state index is 12.6. The molecule has 36 heavy (non-hydrogen) atoms. The Bertz CT molecular complexity index is 1430. The van der Waals surface area contributed by atoms with E-state index in [1.54, 1.807) is 42.5 Å². The Morgan fingerprint density at radius 2 is 1.39 bits per heavy atom. The van der Waals surface area contributed by atoms with Crippen molar-refractivity contribution in [1.82, 2.24) is 5.32 Å². The number of ether oxygens (including phenoxy) is 1. The van der Waals surface area contributed by atoms with Crippen molar-refractivity contribution in [3.63, 3.8) is 0 Å². The van der Waals surface area contributed by atoms with Gasteiger partial charge in [0.15, 0.2) is 11.5 Å². The number of amides is 3. The number of para-hydroxylation sites is 2. The van der Waals surface area contributed by atoms with Crippen LogP contribution < -0.4 is 15.4 Å². The lowest BCUT2D eigenvalue weighted by molar-refractivity contribution is 0.0967. The molecule has 4 rings (SSSR count). The number of carbonyl (C=O) groups excluding carboxylic acids is 2. The summed E-state index contributed by atoms with van der Waals surface area (Å²) in [5.74, 6) is 0.0701. The van der Waals surface area contributed by atoms with E-state index in [1.807, 2.05) is 44.2 Å². The highest BCUT2D eigenvalue weighted by Crippen LogP contribution is 2.46.